The monoisotopic (exact) mass is 504 g/mol. The number of fused-ring (bicyclic) bond motifs is 1. The molecule has 10 heteroatoms. The summed E-state index contributed by atoms with van der Waals surface area (Å²) in [6.45, 7) is 0.523. The first kappa shape index (κ1) is 23.7. The first-order valence-corrected chi connectivity index (χ1v) is 13.9. The van der Waals surface area contributed by atoms with Crippen molar-refractivity contribution in [3.8, 4) is 0 Å². The second-order valence-electron chi connectivity index (χ2n) is 7.61. The Hall–Kier alpha value is -2.40. The Balaban J connectivity index is 1.49. The predicted molar refractivity (Wildman–Crippen MR) is 131 cm³/mol. The number of anilines is 1. The van der Waals surface area contributed by atoms with E-state index in [1.165, 1.54) is 34.5 Å². The molecule has 1 saturated heterocycles. The molecule has 1 amide bonds. The number of amides is 1. The Morgan fingerprint density at radius 1 is 1.09 bits per heavy atom. The number of nitrogens with one attached hydrogen (secondary N) is 1. The third-order valence-electron chi connectivity index (χ3n) is 5.73. The molecule has 2 heterocycles. The van der Waals surface area contributed by atoms with E-state index in [1.54, 1.807) is 18.2 Å². The van der Waals surface area contributed by atoms with Crippen LogP contribution in [0.4, 0.5) is 5.69 Å². The lowest BCUT2D eigenvalue weighted by molar-refractivity contribution is -0.120. The number of piperidine rings is 1. The molecule has 0 saturated carbocycles. The van der Waals surface area contributed by atoms with Gasteiger partial charge in [-0.15, -0.1) is 23.1 Å². The van der Waals surface area contributed by atoms with Gasteiger partial charge < -0.3 is 10.1 Å². The van der Waals surface area contributed by atoms with Gasteiger partial charge in [-0.25, -0.2) is 13.2 Å². The minimum atomic E-state index is -3.63. The third-order valence-corrected chi connectivity index (χ3v) is 9.76. The van der Waals surface area contributed by atoms with Crippen molar-refractivity contribution in [2.24, 2.45) is 5.92 Å². The fraction of sp³-hybridized carbons (Fsp3) is 0.304. The molecule has 1 aromatic heterocycles. The van der Waals surface area contributed by atoms with Gasteiger partial charge in [0.25, 0.3) is 0 Å². The van der Waals surface area contributed by atoms with Crippen LogP contribution >= 0.6 is 23.1 Å². The molecule has 2 aromatic carbocycles. The van der Waals surface area contributed by atoms with E-state index in [2.05, 4.69) is 5.32 Å². The van der Waals surface area contributed by atoms with Gasteiger partial charge in [-0.2, -0.15) is 4.31 Å². The van der Waals surface area contributed by atoms with E-state index in [0.29, 0.717) is 33.2 Å². The number of esters is 1. The largest absolute Gasteiger partial charge is 0.465 e. The molecular formula is C23H24N2O5S3. The summed E-state index contributed by atoms with van der Waals surface area (Å²) in [5.41, 5.74) is 0.455. The summed E-state index contributed by atoms with van der Waals surface area (Å²) in [5, 5.41) is 3.70. The molecule has 7 nitrogen and oxygen atoms in total. The summed E-state index contributed by atoms with van der Waals surface area (Å²) >= 11 is 2.66. The number of nitrogens with zero attached hydrogens (tertiary/aromatic N) is 1. The molecule has 33 heavy (non-hydrogen) atoms. The Bertz CT molecular complexity index is 1290. The third kappa shape index (κ3) is 4.65. The van der Waals surface area contributed by atoms with Crippen LogP contribution in [0.2, 0.25) is 0 Å². The number of methoxy groups -OCH3 is 1. The fourth-order valence-electron chi connectivity index (χ4n) is 3.96. The maximum absolute atomic E-state index is 13.2. The molecule has 1 fully saturated rings. The van der Waals surface area contributed by atoms with Gasteiger partial charge in [0.2, 0.25) is 15.9 Å². The number of benzene rings is 2. The average molecular weight is 505 g/mol. The maximum Gasteiger partial charge on any atom is 0.350 e. The van der Waals surface area contributed by atoms with E-state index >= 15 is 0 Å². The van der Waals surface area contributed by atoms with Crippen molar-refractivity contribution in [1.29, 1.82) is 0 Å². The summed E-state index contributed by atoms with van der Waals surface area (Å²) in [6, 6.07) is 14.4. The molecule has 1 aliphatic rings. The van der Waals surface area contributed by atoms with Gasteiger partial charge >= 0.3 is 5.97 Å². The SMILES string of the molecule is COC(=O)c1sc2ccccc2c1NC(=O)C1CCN(S(=O)(=O)c2ccccc2SC)CC1. The lowest BCUT2D eigenvalue weighted by Gasteiger charge is -2.31. The normalized spacial score (nSPS) is 15.5. The number of carbonyl (C=O) groups excluding carboxylic acids is 2. The van der Waals surface area contributed by atoms with Crippen molar-refractivity contribution in [2.45, 2.75) is 22.6 Å². The molecule has 4 rings (SSSR count). The average Bonchev–Trinajstić information content (AvgIpc) is 3.21. The van der Waals surface area contributed by atoms with Crippen LogP contribution in [0.25, 0.3) is 10.1 Å². The van der Waals surface area contributed by atoms with Crippen LogP contribution < -0.4 is 5.32 Å². The molecule has 0 aliphatic carbocycles. The summed E-state index contributed by atoms with van der Waals surface area (Å²) < 4.78 is 33.5. The standard InChI is InChI=1S/C23H24N2O5S3/c1-30-23(27)21-20(16-7-3-4-8-17(16)32-21)24-22(26)15-11-13-25(14-12-15)33(28,29)19-10-6-5-9-18(19)31-2/h3-10,15H,11-14H2,1-2H3,(H,24,26). The summed E-state index contributed by atoms with van der Waals surface area (Å²) in [4.78, 5) is 26.7. The number of ether oxygens (including phenoxy) is 1. The molecule has 174 valence electrons. The van der Waals surface area contributed by atoms with Crippen LogP contribution in [-0.2, 0) is 19.6 Å². The lowest BCUT2D eigenvalue weighted by atomic mass is 9.97. The highest BCUT2D eigenvalue weighted by molar-refractivity contribution is 7.99. The number of thiophene rings is 1. The highest BCUT2D eigenvalue weighted by Crippen LogP contribution is 2.37. The van der Waals surface area contributed by atoms with Gasteiger partial charge in [-0.05, 0) is 37.3 Å². The molecule has 0 radical (unpaired) electrons. The highest BCUT2D eigenvalue weighted by atomic mass is 32.2. The summed E-state index contributed by atoms with van der Waals surface area (Å²) in [7, 11) is -2.32. The number of hydrogen-bond donors (Lipinski definition) is 1. The van der Waals surface area contributed by atoms with Gasteiger partial charge in [0.1, 0.15) is 4.88 Å². The zero-order valence-corrected chi connectivity index (χ0v) is 20.7. The van der Waals surface area contributed by atoms with Crippen molar-refractivity contribution in [2.75, 3.05) is 31.8 Å². The van der Waals surface area contributed by atoms with Gasteiger partial charge in [0.15, 0.2) is 0 Å². The van der Waals surface area contributed by atoms with Crippen LogP contribution in [0.5, 0.6) is 0 Å². The lowest BCUT2D eigenvalue weighted by Crippen LogP contribution is -2.41. The van der Waals surface area contributed by atoms with Crippen LogP contribution in [0.3, 0.4) is 0 Å². The Morgan fingerprint density at radius 3 is 2.45 bits per heavy atom. The molecule has 3 aromatic rings. The van der Waals surface area contributed by atoms with E-state index in [0.717, 1.165) is 10.1 Å². The molecule has 1 aliphatic heterocycles. The van der Waals surface area contributed by atoms with Gasteiger partial charge in [0.05, 0.1) is 17.7 Å². The van der Waals surface area contributed by atoms with E-state index in [4.69, 9.17) is 4.74 Å². The van der Waals surface area contributed by atoms with Crippen LogP contribution in [0.1, 0.15) is 22.5 Å². The van der Waals surface area contributed by atoms with Gasteiger partial charge in [-0.1, -0.05) is 30.3 Å². The number of thioether (sulfide) groups is 1. The Labute approximate surface area is 201 Å². The van der Waals surface area contributed by atoms with Crippen molar-refractivity contribution in [1.82, 2.24) is 4.31 Å². The number of rotatable bonds is 6. The molecule has 0 atom stereocenters. The fourth-order valence-corrected chi connectivity index (χ4v) is 7.63. The second-order valence-corrected chi connectivity index (χ2v) is 11.4. The summed E-state index contributed by atoms with van der Waals surface area (Å²) in [5.74, 6) is -1.07. The first-order chi connectivity index (χ1) is 15.9. The first-order valence-electron chi connectivity index (χ1n) is 10.4. The minimum Gasteiger partial charge on any atom is -0.465 e. The van der Waals surface area contributed by atoms with Crippen molar-refractivity contribution >= 4 is 60.8 Å². The van der Waals surface area contributed by atoms with Crippen molar-refractivity contribution < 1.29 is 22.7 Å². The number of sulfonamides is 1. The molecule has 1 N–H and O–H groups in total. The van der Waals surface area contributed by atoms with Gasteiger partial charge in [0, 0.05) is 34.0 Å². The van der Waals surface area contributed by atoms with Gasteiger partial charge in [-0.3, -0.25) is 4.79 Å². The smallest absolute Gasteiger partial charge is 0.350 e. The maximum atomic E-state index is 13.2. The Morgan fingerprint density at radius 2 is 1.76 bits per heavy atom. The Kier molecular flexibility index (Phi) is 7.08. The van der Waals surface area contributed by atoms with Crippen LogP contribution in [0.15, 0.2) is 58.3 Å². The minimum absolute atomic E-state index is 0.217. The zero-order valence-electron chi connectivity index (χ0n) is 18.2. The quantitative estimate of drug-likeness (QED) is 0.394. The summed E-state index contributed by atoms with van der Waals surface area (Å²) in [6.07, 6.45) is 2.66. The predicted octanol–water partition coefficient (Wildman–Crippen LogP) is 4.45. The number of carbonyl (C=O) groups is 2. The van der Waals surface area contributed by atoms with E-state index in [9.17, 15) is 18.0 Å². The molecule has 0 bridgehead atoms. The molecule has 0 unspecified atom stereocenters. The topological polar surface area (TPSA) is 92.8 Å². The van der Waals surface area contributed by atoms with Crippen molar-refractivity contribution in [3.63, 3.8) is 0 Å². The van der Waals surface area contributed by atoms with E-state index in [1.807, 2.05) is 36.6 Å². The zero-order chi connectivity index (χ0) is 23.6. The second kappa shape index (κ2) is 9.84. The number of hydrogen-bond acceptors (Lipinski definition) is 7. The van der Waals surface area contributed by atoms with Crippen molar-refractivity contribution in [3.05, 3.63) is 53.4 Å². The van der Waals surface area contributed by atoms with E-state index < -0.39 is 16.0 Å². The molecule has 0 spiro atoms. The highest BCUT2D eigenvalue weighted by Gasteiger charge is 2.34. The van der Waals surface area contributed by atoms with Crippen LogP contribution in [-0.4, -0.2) is 51.1 Å². The van der Waals surface area contributed by atoms with Crippen LogP contribution in [0, 0.1) is 5.92 Å². The van der Waals surface area contributed by atoms with E-state index in [-0.39, 0.29) is 24.9 Å². The molecular weight excluding hydrogens is 480 g/mol.